The van der Waals surface area contributed by atoms with Crippen LogP contribution in [0.2, 0.25) is 0 Å². The standard InChI is InChI=1S/C15H21NO3/c1-11(13(17)18)10-16(14(19)15(2,3)4)12-8-6-5-7-9-12/h5-9,11H,10H2,1-4H3,(H,17,18). The number of para-hydroxylation sites is 1. The lowest BCUT2D eigenvalue weighted by atomic mass is 9.93. The molecule has 1 amide bonds. The zero-order chi connectivity index (χ0) is 14.6. The van der Waals surface area contributed by atoms with Crippen molar-refractivity contribution in [2.45, 2.75) is 27.7 Å². The van der Waals surface area contributed by atoms with Crippen molar-refractivity contribution in [3.8, 4) is 0 Å². The van der Waals surface area contributed by atoms with Crippen molar-refractivity contribution >= 4 is 17.6 Å². The average molecular weight is 263 g/mol. The fourth-order valence-electron chi connectivity index (χ4n) is 1.67. The van der Waals surface area contributed by atoms with Crippen LogP contribution in [0.25, 0.3) is 0 Å². The van der Waals surface area contributed by atoms with E-state index in [4.69, 9.17) is 5.11 Å². The Morgan fingerprint density at radius 3 is 2.16 bits per heavy atom. The lowest BCUT2D eigenvalue weighted by Crippen LogP contribution is -2.43. The number of nitrogens with zero attached hydrogens (tertiary/aromatic N) is 1. The summed E-state index contributed by atoms with van der Waals surface area (Å²) in [6.07, 6.45) is 0. The van der Waals surface area contributed by atoms with Crippen LogP contribution in [0.4, 0.5) is 5.69 Å². The van der Waals surface area contributed by atoms with Gasteiger partial charge in [0, 0.05) is 17.6 Å². The van der Waals surface area contributed by atoms with E-state index in [-0.39, 0.29) is 12.5 Å². The summed E-state index contributed by atoms with van der Waals surface area (Å²) in [7, 11) is 0. The third-order valence-electron chi connectivity index (χ3n) is 2.83. The van der Waals surface area contributed by atoms with Gasteiger partial charge in [0.1, 0.15) is 0 Å². The normalized spacial score (nSPS) is 12.8. The number of hydrogen-bond acceptors (Lipinski definition) is 2. The molecule has 0 radical (unpaired) electrons. The fourth-order valence-corrected chi connectivity index (χ4v) is 1.67. The molecular formula is C15H21NO3. The Morgan fingerprint density at radius 1 is 1.21 bits per heavy atom. The molecule has 4 heteroatoms. The zero-order valence-corrected chi connectivity index (χ0v) is 11.9. The number of amides is 1. The molecule has 0 heterocycles. The van der Waals surface area contributed by atoms with Crippen LogP contribution in [0, 0.1) is 11.3 Å². The van der Waals surface area contributed by atoms with E-state index >= 15 is 0 Å². The van der Waals surface area contributed by atoms with Gasteiger partial charge in [0.2, 0.25) is 5.91 Å². The van der Waals surface area contributed by atoms with Crippen LogP contribution < -0.4 is 4.90 Å². The number of hydrogen-bond donors (Lipinski definition) is 1. The van der Waals surface area contributed by atoms with Gasteiger partial charge in [-0.3, -0.25) is 9.59 Å². The zero-order valence-electron chi connectivity index (χ0n) is 11.9. The molecule has 0 bridgehead atoms. The number of anilines is 1. The molecule has 1 aromatic carbocycles. The van der Waals surface area contributed by atoms with Crippen LogP contribution in [-0.4, -0.2) is 23.5 Å². The lowest BCUT2D eigenvalue weighted by Gasteiger charge is -2.30. The van der Waals surface area contributed by atoms with E-state index in [1.54, 1.807) is 11.8 Å². The topological polar surface area (TPSA) is 57.6 Å². The van der Waals surface area contributed by atoms with Crippen LogP contribution >= 0.6 is 0 Å². The van der Waals surface area contributed by atoms with E-state index in [2.05, 4.69) is 0 Å². The number of carboxylic acid groups (broad SMARTS) is 1. The van der Waals surface area contributed by atoms with Gasteiger partial charge in [0.05, 0.1) is 5.92 Å². The highest BCUT2D eigenvalue weighted by molar-refractivity contribution is 5.97. The summed E-state index contributed by atoms with van der Waals surface area (Å²) < 4.78 is 0. The lowest BCUT2D eigenvalue weighted by molar-refractivity contribution is -0.140. The molecular weight excluding hydrogens is 242 g/mol. The maximum absolute atomic E-state index is 12.5. The second kappa shape index (κ2) is 5.87. The summed E-state index contributed by atoms with van der Waals surface area (Å²) in [6, 6.07) is 9.17. The van der Waals surface area contributed by atoms with Gasteiger partial charge < -0.3 is 10.0 Å². The molecule has 4 nitrogen and oxygen atoms in total. The van der Waals surface area contributed by atoms with Crippen LogP contribution in [-0.2, 0) is 9.59 Å². The first-order valence-corrected chi connectivity index (χ1v) is 6.33. The summed E-state index contributed by atoms with van der Waals surface area (Å²) in [5, 5.41) is 9.02. The van der Waals surface area contributed by atoms with E-state index in [1.807, 2.05) is 51.1 Å². The molecule has 0 aliphatic heterocycles. The second-order valence-electron chi connectivity index (χ2n) is 5.74. The molecule has 1 aromatic rings. The Balaban J connectivity index is 3.05. The Bertz CT molecular complexity index is 448. The van der Waals surface area contributed by atoms with Gasteiger partial charge in [-0.05, 0) is 12.1 Å². The van der Waals surface area contributed by atoms with Crippen LogP contribution in [0.15, 0.2) is 30.3 Å². The monoisotopic (exact) mass is 263 g/mol. The van der Waals surface area contributed by atoms with Gasteiger partial charge >= 0.3 is 5.97 Å². The molecule has 19 heavy (non-hydrogen) atoms. The minimum absolute atomic E-state index is 0.0770. The summed E-state index contributed by atoms with van der Waals surface area (Å²) >= 11 is 0. The summed E-state index contributed by atoms with van der Waals surface area (Å²) in [4.78, 5) is 25.0. The molecule has 104 valence electrons. The first-order valence-electron chi connectivity index (χ1n) is 6.33. The Labute approximate surface area is 114 Å². The molecule has 0 saturated carbocycles. The van der Waals surface area contributed by atoms with Crippen LogP contribution in [0.1, 0.15) is 27.7 Å². The number of benzene rings is 1. The minimum atomic E-state index is -0.900. The molecule has 0 aliphatic carbocycles. The van der Waals surface area contributed by atoms with E-state index in [1.165, 1.54) is 0 Å². The first kappa shape index (κ1) is 15.2. The fraction of sp³-hybridized carbons (Fsp3) is 0.467. The highest BCUT2D eigenvalue weighted by Crippen LogP contribution is 2.24. The van der Waals surface area contributed by atoms with Crippen molar-refractivity contribution in [2.24, 2.45) is 11.3 Å². The molecule has 0 aromatic heterocycles. The van der Waals surface area contributed by atoms with Crippen molar-refractivity contribution in [1.82, 2.24) is 0 Å². The maximum Gasteiger partial charge on any atom is 0.308 e. The van der Waals surface area contributed by atoms with Gasteiger partial charge in [0.25, 0.3) is 0 Å². The third-order valence-corrected chi connectivity index (χ3v) is 2.83. The van der Waals surface area contributed by atoms with Gasteiger partial charge in [-0.25, -0.2) is 0 Å². The van der Waals surface area contributed by atoms with Crippen molar-refractivity contribution in [2.75, 3.05) is 11.4 Å². The van der Waals surface area contributed by atoms with Crippen molar-refractivity contribution in [3.05, 3.63) is 30.3 Å². The van der Waals surface area contributed by atoms with E-state index in [0.717, 1.165) is 5.69 Å². The first-order chi connectivity index (χ1) is 8.73. The van der Waals surface area contributed by atoms with E-state index in [9.17, 15) is 9.59 Å². The molecule has 1 N–H and O–H groups in total. The average Bonchev–Trinajstić information content (AvgIpc) is 2.34. The van der Waals surface area contributed by atoms with Crippen molar-refractivity contribution < 1.29 is 14.7 Å². The molecule has 0 aliphatic rings. The SMILES string of the molecule is CC(CN(C(=O)C(C)(C)C)c1ccccc1)C(=O)O. The Kier molecular flexibility index (Phi) is 4.70. The maximum atomic E-state index is 12.5. The predicted molar refractivity (Wildman–Crippen MR) is 75.0 cm³/mol. The van der Waals surface area contributed by atoms with E-state index in [0.29, 0.717) is 0 Å². The number of rotatable bonds is 4. The number of carboxylic acids is 1. The summed E-state index contributed by atoms with van der Waals surface area (Å²) in [5.74, 6) is -1.58. The molecule has 1 unspecified atom stereocenters. The minimum Gasteiger partial charge on any atom is -0.481 e. The van der Waals surface area contributed by atoms with Gasteiger partial charge in [-0.2, -0.15) is 0 Å². The number of aliphatic carboxylic acids is 1. The molecule has 0 saturated heterocycles. The highest BCUT2D eigenvalue weighted by atomic mass is 16.4. The smallest absolute Gasteiger partial charge is 0.308 e. The molecule has 0 fully saturated rings. The predicted octanol–water partition coefficient (Wildman–Crippen LogP) is 2.79. The molecule has 0 spiro atoms. The third kappa shape index (κ3) is 4.09. The van der Waals surface area contributed by atoms with Gasteiger partial charge in [-0.15, -0.1) is 0 Å². The van der Waals surface area contributed by atoms with Crippen molar-refractivity contribution in [1.29, 1.82) is 0 Å². The van der Waals surface area contributed by atoms with Crippen molar-refractivity contribution in [3.63, 3.8) is 0 Å². The summed E-state index contributed by atoms with van der Waals surface area (Å²) in [5.41, 5.74) is 0.184. The van der Waals surface area contributed by atoms with E-state index < -0.39 is 17.3 Å². The van der Waals surface area contributed by atoms with Gasteiger partial charge in [0.15, 0.2) is 0 Å². The number of carbonyl (C=O) groups excluding carboxylic acids is 1. The van der Waals surface area contributed by atoms with Gasteiger partial charge in [-0.1, -0.05) is 45.9 Å². The Hall–Kier alpha value is -1.84. The Morgan fingerprint density at radius 2 is 1.74 bits per heavy atom. The highest BCUT2D eigenvalue weighted by Gasteiger charge is 2.30. The second-order valence-corrected chi connectivity index (χ2v) is 5.74. The number of carbonyl (C=O) groups is 2. The quantitative estimate of drug-likeness (QED) is 0.908. The largest absolute Gasteiger partial charge is 0.481 e. The summed E-state index contributed by atoms with van der Waals surface area (Å²) in [6.45, 7) is 7.27. The molecule has 1 rings (SSSR count). The van der Waals surface area contributed by atoms with Crippen LogP contribution in [0.3, 0.4) is 0 Å². The molecule has 1 atom stereocenters. The van der Waals surface area contributed by atoms with Crippen LogP contribution in [0.5, 0.6) is 0 Å².